The van der Waals surface area contributed by atoms with E-state index in [0.29, 0.717) is 6.04 Å². The molecule has 110 valence electrons. The van der Waals surface area contributed by atoms with Crippen molar-refractivity contribution in [2.75, 3.05) is 39.3 Å². The number of hydrogen-bond donors (Lipinski definition) is 1. The van der Waals surface area contributed by atoms with E-state index < -0.39 is 0 Å². The zero-order valence-corrected chi connectivity index (χ0v) is 13.1. The first kappa shape index (κ1) is 17.9. The summed E-state index contributed by atoms with van der Waals surface area (Å²) in [7, 11) is 0. The molecule has 0 aliphatic heterocycles. The molecule has 0 heterocycles. The highest BCUT2D eigenvalue weighted by atomic mass is 15.1. The van der Waals surface area contributed by atoms with E-state index in [0.717, 1.165) is 25.9 Å². The van der Waals surface area contributed by atoms with Crippen molar-refractivity contribution in [2.24, 2.45) is 5.73 Å². The average Bonchev–Trinajstić information content (AvgIpc) is 2.38. The van der Waals surface area contributed by atoms with E-state index in [1.807, 2.05) is 0 Å². The molecular formula is C15H35N3. The fraction of sp³-hybridized carbons (Fsp3) is 1.00. The largest absolute Gasteiger partial charge is 0.328 e. The zero-order chi connectivity index (χ0) is 13.8. The molecule has 0 saturated carbocycles. The number of nitrogens with zero attached hydrogens (tertiary/aromatic N) is 2. The summed E-state index contributed by atoms with van der Waals surface area (Å²) >= 11 is 0. The second kappa shape index (κ2) is 11.9. The zero-order valence-electron chi connectivity index (χ0n) is 13.1. The van der Waals surface area contributed by atoms with Gasteiger partial charge in [0.1, 0.15) is 0 Å². The Hall–Kier alpha value is -0.120. The van der Waals surface area contributed by atoms with Crippen LogP contribution in [0.5, 0.6) is 0 Å². The van der Waals surface area contributed by atoms with Crippen molar-refractivity contribution in [2.45, 2.75) is 59.4 Å². The van der Waals surface area contributed by atoms with Gasteiger partial charge in [-0.25, -0.2) is 0 Å². The van der Waals surface area contributed by atoms with Crippen molar-refractivity contribution in [3.63, 3.8) is 0 Å². The van der Waals surface area contributed by atoms with E-state index >= 15 is 0 Å². The van der Waals surface area contributed by atoms with E-state index in [1.54, 1.807) is 0 Å². The lowest BCUT2D eigenvalue weighted by atomic mass is 10.1. The van der Waals surface area contributed by atoms with Gasteiger partial charge in [-0.2, -0.15) is 0 Å². The van der Waals surface area contributed by atoms with Crippen LogP contribution in [-0.4, -0.2) is 55.1 Å². The number of rotatable bonds is 12. The molecule has 0 aromatic carbocycles. The van der Waals surface area contributed by atoms with Gasteiger partial charge in [0.15, 0.2) is 0 Å². The summed E-state index contributed by atoms with van der Waals surface area (Å²) in [5.74, 6) is 0. The van der Waals surface area contributed by atoms with Gasteiger partial charge in [-0.3, -0.25) is 0 Å². The van der Waals surface area contributed by atoms with Crippen molar-refractivity contribution in [1.82, 2.24) is 9.80 Å². The summed E-state index contributed by atoms with van der Waals surface area (Å²) in [5, 5.41) is 0. The van der Waals surface area contributed by atoms with Crippen molar-refractivity contribution < 1.29 is 0 Å². The minimum atomic E-state index is 0.395. The molecule has 2 N–H and O–H groups in total. The van der Waals surface area contributed by atoms with Crippen LogP contribution in [0.3, 0.4) is 0 Å². The van der Waals surface area contributed by atoms with Crippen LogP contribution in [0.2, 0.25) is 0 Å². The van der Waals surface area contributed by atoms with Crippen LogP contribution >= 0.6 is 0 Å². The second-order valence-electron chi connectivity index (χ2n) is 5.15. The Kier molecular flexibility index (Phi) is 11.9. The molecule has 3 heteroatoms. The first-order valence-corrected chi connectivity index (χ1v) is 7.88. The maximum absolute atomic E-state index is 6.07. The lowest BCUT2D eigenvalue weighted by Gasteiger charge is -2.24. The van der Waals surface area contributed by atoms with E-state index in [2.05, 4.69) is 37.5 Å². The minimum absolute atomic E-state index is 0.395. The normalized spacial score (nSPS) is 13.5. The molecule has 0 rings (SSSR count). The Balaban J connectivity index is 3.69. The second-order valence-corrected chi connectivity index (χ2v) is 5.15. The number of nitrogens with two attached hydrogens (primary N) is 1. The van der Waals surface area contributed by atoms with Gasteiger partial charge in [-0.1, -0.05) is 34.1 Å². The minimum Gasteiger partial charge on any atom is -0.328 e. The average molecular weight is 257 g/mol. The summed E-state index contributed by atoms with van der Waals surface area (Å²) in [6.45, 7) is 16.0. The Morgan fingerprint density at radius 1 is 0.778 bits per heavy atom. The van der Waals surface area contributed by atoms with Crippen molar-refractivity contribution in [1.29, 1.82) is 0 Å². The molecule has 1 unspecified atom stereocenters. The van der Waals surface area contributed by atoms with Crippen molar-refractivity contribution in [3.05, 3.63) is 0 Å². The summed E-state index contributed by atoms with van der Waals surface area (Å²) in [4.78, 5) is 5.04. The molecule has 0 spiro atoms. The van der Waals surface area contributed by atoms with E-state index in [-0.39, 0.29) is 0 Å². The van der Waals surface area contributed by atoms with Crippen molar-refractivity contribution >= 4 is 0 Å². The molecule has 0 aliphatic rings. The van der Waals surface area contributed by atoms with Gasteiger partial charge in [0.2, 0.25) is 0 Å². The first-order valence-electron chi connectivity index (χ1n) is 7.88. The van der Waals surface area contributed by atoms with Gasteiger partial charge in [0.25, 0.3) is 0 Å². The SMILES string of the molecule is CCCC(N)CCN(CC)CCCN(CC)CC. The van der Waals surface area contributed by atoms with Gasteiger partial charge in [0, 0.05) is 6.04 Å². The molecule has 0 aliphatic carbocycles. The van der Waals surface area contributed by atoms with Crippen molar-refractivity contribution in [3.8, 4) is 0 Å². The first-order chi connectivity index (χ1) is 8.67. The third kappa shape index (κ3) is 8.90. The topological polar surface area (TPSA) is 32.5 Å². The van der Waals surface area contributed by atoms with Crippen LogP contribution in [-0.2, 0) is 0 Å². The third-order valence-electron chi connectivity index (χ3n) is 3.77. The molecular weight excluding hydrogens is 222 g/mol. The van der Waals surface area contributed by atoms with Gasteiger partial charge < -0.3 is 15.5 Å². The van der Waals surface area contributed by atoms with Gasteiger partial charge in [-0.15, -0.1) is 0 Å². The fourth-order valence-electron chi connectivity index (χ4n) is 2.35. The lowest BCUT2D eigenvalue weighted by molar-refractivity contribution is 0.237. The predicted octanol–water partition coefficient (Wildman–Crippen LogP) is 2.56. The van der Waals surface area contributed by atoms with Gasteiger partial charge >= 0.3 is 0 Å². The molecule has 0 radical (unpaired) electrons. The molecule has 0 amide bonds. The lowest BCUT2D eigenvalue weighted by Crippen LogP contribution is -2.33. The quantitative estimate of drug-likeness (QED) is 0.583. The number of hydrogen-bond acceptors (Lipinski definition) is 3. The van der Waals surface area contributed by atoms with E-state index in [9.17, 15) is 0 Å². The Bertz CT molecular complexity index is 169. The summed E-state index contributed by atoms with van der Waals surface area (Å²) in [6.07, 6.45) is 4.79. The van der Waals surface area contributed by atoms with Gasteiger partial charge in [0.05, 0.1) is 0 Å². The maximum atomic E-state index is 6.07. The van der Waals surface area contributed by atoms with Crippen LogP contribution in [0.4, 0.5) is 0 Å². The summed E-state index contributed by atoms with van der Waals surface area (Å²) in [5.41, 5.74) is 6.07. The molecule has 18 heavy (non-hydrogen) atoms. The molecule has 1 atom stereocenters. The maximum Gasteiger partial charge on any atom is 0.00509 e. The van der Waals surface area contributed by atoms with Crippen LogP contribution in [0.1, 0.15) is 53.4 Å². The summed E-state index contributed by atoms with van der Waals surface area (Å²) < 4.78 is 0. The smallest absolute Gasteiger partial charge is 0.00509 e. The molecule has 0 aromatic heterocycles. The molecule has 3 nitrogen and oxygen atoms in total. The van der Waals surface area contributed by atoms with E-state index in [1.165, 1.54) is 39.0 Å². The predicted molar refractivity (Wildman–Crippen MR) is 82.0 cm³/mol. The fourth-order valence-corrected chi connectivity index (χ4v) is 2.35. The highest BCUT2D eigenvalue weighted by Gasteiger charge is 2.07. The molecule has 0 bridgehead atoms. The highest BCUT2D eigenvalue weighted by molar-refractivity contribution is 4.65. The Morgan fingerprint density at radius 3 is 1.83 bits per heavy atom. The van der Waals surface area contributed by atoms with Crippen LogP contribution in [0.15, 0.2) is 0 Å². The van der Waals surface area contributed by atoms with Crippen LogP contribution in [0, 0.1) is 0 Å². The van der Waals surface area contributed by atoms with Crippen LogP contribution in [0.25, 0.3) is 0 Å². The summed E-state index contributed by atoms with van der Waals surface area (Å²) in [6, 6.07) is 0.395. The highest BCUT2D eigenvalue weighted by Crippen LogP contribution is 2.02. The molecule has 0 fully saturated rings. The van der Waals surface area contributed by atoms with E-state index in [4.69, 9.17) is 5.73 Å². The monoisotopic (exact) mass is 257 g/mol. The Morgan fingerprint density at radius 2 is 1.33 bits per heavy atom. The van der Waals surface area contributed by atoms with Gasteiger partial charge in [-0.05, 0) is 58.5 Å². The third-order valence-corrected chi connectivity index (χ3v) is 3.77. The Labute approximate surface area is 115 Å². The molecule has 0 saturated heterocycles. The standard InChI is InChI=1S/C15H35N3/c1-5-10-15(16)11-14-18(8-4)13-9-12-17(6-2)7-3/h15H,5-14,16H2,1-4H3. The van der Waals surface area contributed by atoms with Crippen LogP contribution < -0.4 is 5.73 Å². The molecule has 0 aromatic rings.